The molecule has 2 rings (SSSR count). The highest BCUT2D eigenvalue weighted by Crippen LogP contribution is 2.34. The lowest BCUT2D eigenvalue weighted by Crippen LogP contribution is -2.14. The second-order valence-electron chi connectivity index (χ2n) is 7.93. The molecule has 0 atom stereocenters. The van der Waals surface area contributed by atoms with Crippen molar-refractivity contribution in [1.82, 2.24) is 0 Å². The van der Waals surface area contributed by atoms with E-state index in [1.165, 1.54) is 81.1 Å². The molecule has 1 aliphatic carbocycles. The van der Waals surface area contributed by atoms with Crippen LogP contribution >= 0.6 is 0 Å². The largest absolute Gasteiger partial charge is 0.199 e. The summed E-state index contributed by atoms with van der Waals surface area (Å²) in [6.07, 6.45) is 18.9. The van der Waals surface area contributed by atoms with Crippen molar-refractivity contribution in [3.8, 4) is 6.07 Å². The SMILES string of the molecule is CCc1ccc(CCCC[C@H]2CC[C@H](CCC=CC=C(F)C#N)CC2)cc1. The maximum absolute atomic E-state index is 12.7. The fourth-order valence-electron chi connectivity index (χ4n) is 4.13. The molecule has 2 heteroatoms. The third kappa shape index (κ3) is 8.57. The molecule has 1 nitrogen and oxygen atoms in total. The van der Waals surface area contributed by atoms with Crippen molar-refractivity contribution in [2.24, 2.45) is 11.8 Å². The van der Waals surface area contributed by atoms with E-state index in [1.54, 1.807) is 6.08 Å². The van der Waals surface area contributed by atoms with Gasteiger partial charge in [-0.3, -0.25) is 0 Å². The molecule has 146 valence electrons. The third-order valence-corrected chi connectivity index (χ3v) is 5.95. The number of unbranched alkanes of at least 4 members (excludes halogenated alkanes) is 1. The predicted octanol–water partition coefficient (Wildman–Crippen LogP) is 7.48. The lowest BCUT2D eigenvalue weighted by molar-refractivity contribution is 0.250. The zero-order valence-electron chi connectivity index (χ0n) is 16.8. The van der Waals surface area contributed by atoms with E-state index in [-0.39, 0.29) is 0 Å². The number of aryl methyl sites for hydroxylation is 2. The van der Waals surface area contributed by atoms with E-state index in [9.17, 15) is 4.39 Å². The van der Waals surface area contributed by atoms with E-state index in [4.69, 9.17) is 5.26 Å². The normalized spacial score (nSPS) is 20.7. The highest BCUT2D eigenvalue weighted by atomic mass is 19.1. The number of rotatable bonds is 10. The zero-order chi connectivity index (χ0) is 19.3. The van der Waals surface area contributed by atoms with E-state index in [1.807, 2.05) is 6.08 Å². The summed E-state index contributed by atoms with van der Waals surface area (Å²) in [5.74, 6) is 1.03. The van der Waals surface area contributed by atoms with Crippen molar-refractivity contribution in [3.63, 3.8) is 0 Å². The molecule has 0 spiro atoms. The molecule has 0 saturated heterocycles. The van der Waals surface area contributed by atoms with Crippen LogP contribution in [0.15, 0.2) is 48.3 Å². The van der Waals surface area contributed by atoms with Crippen LogP contribution in [-0.2, 0) is 12.8 Å². The molecule has 0 amide bonds. The molecule has 1 aromatic carbocycles. The van der Waals surface area contributed by atoms with Gasteiger partial charge in [-0.2, -0.15) is 9.65 Å². The lowest BCUT2D eigenvalue weighted by atomic mass is 9.78. The van der Waals surface area contributed by atoms with Crippen molar-refractivity contribution >= 4 is 0 Å². The molecule has 1 aromatic rings. The smallest absolute Gasteiger partial charge is 0.195 e. The van der Waals surface area contributed by atoms with Gasteiger partial charge >= 0.3 is 0 Å². The number of halogens is 1. The molecule has 0 unspecified atom stereocenters. The van der Waals surface area contributed by atoms with Gasteiger partial charge in [0.25, 0.3) is 0 Å². The van der Waals surface area contributed by atoms with Crippen LogP contribution in [0.5, 0.6) is 0 Å². The van der Waals surface area contributed by atoms with Crippen molar-refractivity contribution in [2.45, 2.75) is 77.6 Å². The van der Waals surface area contributed by atoms with Gasteiger partial charge in [0.15, 0.2) is 5.83 Å². The van der Waals surface area contributed by atoms with Gasteiger partial charge in [-0.25, -0.2) is 0 Å². The summed E-state index contributed by atoms with van der Waals surface area (Å²) < 4.78 is 12.7. The van der Waals surface area contributed by atoms with Crippen LogP contribution in [0.3, 0.4) is 0 Å². The van der Waals surface area contributed by atoms with Crippen molar-refractivity contribution in [3.05, 3.63) is 59.4 Å². The number of nitrogens with zero attached hydrogens (tertiary/aromatic N) is 1. The standard InChI is InChI=1S/C25H34FN/c1-2-21-12-14-23(15-13-21)9-6-7-10-24-18-16-22(17-19-24)8-4-3-5-11-25(26)20-27/h3,5,11-15,22,24H,2,4,6-10,16-19H2,1H3/t22-,24-. The quantitative estimate of drug-likeness (QED) is 0.239. The fourth-order valence-corrected chi connectivity index (χ4v) is 4.13. The van der Waals surface area contributed by atoms with Gasteiger partial charge in [0.05, 0.1) is 0 Å². The highest BCUT2D eigenvalue weighted by molar-refractivity contribution is 5.22. The van der Waals surface area contributed by atoms with E-state index in [2.05, 4.69) is 31.2 Å². The molecule has 0 bridgehead atoms. The van der Waals surface area contributed by atoms with Crippen molar-refractivity contribution < 1.29 is 4.39 Å². The topological polar surface area (TPSA) is 23.8 Å². The molecule has 0 heterocycles. The van der Waals surface area contributed by atoms with Crippen LogP contribution in [0, 0.1) is 23.2 Å². The second kappa shape index (κ2) is 12.5. The van der Waals surface area contributed by atoms with Gasteiger partial charge in [-0.15, -0.1) is 0 Å². The Hall–Kier alpha value is -1.88. The minimum Gasteiger partial charge on any atom is -0.195 e. The Morgan fingerprint density at radius 2 is 1.67 bits per heavy atom. The maximum atomic E-state index is 12.7. The van der Waals surface area contributed by atoms with Gasteiger partial charge < -0.3 is 0 Å². The number of allylic oxidation sites excluding steroid dienone is 4. The summed E-state index contributed by atoms with van der Waals surface area (Å²) in [4.78, 5) is 0. The summed E-state index contributed by atoms with van der Waals surface area (Å²) in [6.45, 7) is 2.20. The number of benzene rings is 1. The Labute approximate surface area is 165 Å². The lowest BCUT2D eigenvalue weighted by Gasteiger charge is -2.28. The average Bonchev–Trinajstić information content (AvgIpc) is 2.72. The first-order chi connectivity index (χ1) is 13.2. The summed E-state index contributed by atoms with van der Waals surface area (Å²) in [5, 5.41) is 8.35. The Morgan fingerprint density at radius 1 is 1.04 bits per heavy atom. The minimum atomic E-state index is -0.718. The summed E-state index contributed by atoms with van der Waals surface area (Å²) in [7, 11) is 0. The molecule has 0 radical (unpaired) electrons. The maximum Gasteiger partial charge on any atom is 0.199 e. The molecular weight excluding hydrogens is 333 g/mol. The molecular formula is C25H34FN. The molecule has 1 saturated carbocycles. The minimum absolute atomic E-state index is 0.718. The summed E-state index contributed by atoms with van der Waals surface area (Å²) in [6, 6.07) is 10.6. The van der Waals surface area contributed by atoms with Gasteiger partial charge in [0, 0.05) is 0 Å². The van der Waals surface area contributed by atoms with Crippen LogP contribution < -0.4 is 0 Å². The fraction of sp³-hybridized carbons (Fsp3) is 0.560. The Morgan fingerprint density at radius 3 is 2.30 bits per heavy atom. The van der Waals surface area contributed by atoms with Crippen LogP contribution in [0.4, 0.5) is 4.39 Å². The first-order valence-corrected chi connectivity index (χ1v) is 10.7. The Kier molecular flexibility index (Phi) is 9.91. The van der Waals surface area contributed by atoms with Crippen LogP contribution in [0.2, 0.25) is 0 Å². The number of hydrogen-bond acceptors (Lipinski definition) is 1. The van der Waals surface area contributed by atoms with Crippen molar-refractivity contribution in [2.75, 3.05) is 0 Å². The Balaban J connectivity index is 1.53. The molecule has 0 N–H and O–H groups in total. The molecule has 27 heavy (non-hydrogen) atoms. The van der Waals surface area contributed by atoms with Crippen LogP contribution in [-0.4, -0.2) is 0 Å². The molecule has 0 aliphatic heterocycles. The molecule has 1 aliphatic rings. The van der Waals surface area contributed by atoms with E-state index in [0.29, 0.717) is 0 Å². The third-order valence-electron chi connectivity index (χ3n) is 5.95. The molecule has 1 fully saturated rings. The van der Waals surface area contributed by atoms with Crippen LogP contribution in [0.1, 0.15) is 75.8 Å². The zero-order valence-corrected chi connectivity index (χ0v) is 16.8. The average molecular weight is 368 g/mol. The van der Waals surface area contributed by atoms with E-state index >= 15 is 0 Å². The number of nitriles is 1. The monoisotopic (exact) mass is 367 g/mol. The first-order valence-electron chi connectivity index (χ1n) is 10.7. The molecule has 0 aromatic heterocycles. The van der Waals surface area contributed by atoms with Crippen LogP contribution in [0.25, 0.3) is 0 Å². The number of hydrogen-bond donors (Lipinski definition) is 0. The summed E-state index contributed by atoms with van der Waals surface area (Å²) in [5.41, 5.74) is 2.91. The van der Waals surface area contributed by atoms with Gasteiger partial charge in [-0.05, 0) is 61.1 Å². The predicted molar refractivity (Wildman–Crippen MR) is 112 cm³/mol. The first kappa shape index (κ1) is 21.4. The van der Waals surface area contributed by atoms with E-state index in [0.717, 1.165) is 24.7 Å². The highest BCUT2D eigenvalue weighted by Gasteiger charge is 2.20. The van der Waals surface area contributed by atoms with Gasteiger partial charge in [0.2, 0.25) is 0 Å². The van der Waals surface area contributed by atoms with E-state index < -0.39 is 5.83 Å². The second-order valence-corrected chi connectivity index (χ2v) is 7.93. The van der Waals surface area contributed by atoms with Gasteiger partial charge in [0.1, 0.15) is 6.07 Å². The Bertz CT molecular complexity index is 627. The summed E-state index contributed by atoms with van der Waals surface area (Å²) >= 11 is 0. The van der Waals surface area contributed by atoms with Gasteiger partial charge in [-0.1, -0.05) is 81.9 Å². The van der Waals surface area contributed by atoms with Crippen molar-refractivity contribution in [1.29, 1.82) is 5.26 Å².